The number of nitrogens with zero attached hydrogens (tertiary/aromatic N) is 1. The maximum Gasteiger partial charge on any atom is 0.409 e. The van der Waals surface area contributed by atoms with E-state index in [-0.39, 0.29) is 17.4 Å². The molecule has 0 aliphatic carbocycles. The zero-order valence-electron chi connectivity index (χ0n) is 23.4. The molecule has 1 aliphatic heterocycles. The van der Waals surface area contributed by atoms with E-state index in [0.717, 1.165) is 22.1 Å². The van der Waals surface area contributed by atoms with E-state index in [1.807, 2.05) is 81.4 Å². The van der Waals surface area contributed by atoms with Crippen molar-refractivity contribution in [2.24, 2.45) is 5.41 Å². The van der Waals surface area contributed by atoms with Crippen molar-refractivity contribution in [1.82, 2.24) is 15.5 Å². The molecule has 0 radical (unpaired) electrons. The van der Waals surface area contributed by atoms with Crippen molar-refractivity contribution < 1.29 is 23.9 Å². The average Bonchev–Trinajstić information content (AvgIpc) is 3.50. The molecule has 1 aromatic heterocycles. The number of Topliss-reactive ketones (excluding diaryl/α,β-unsaturated/α-hetero) is 1. The van der Waals surface area contributed by atoms with Crippen LogP contribution in [-0.2, 0) is 14.3 Å². The van der Waals surface area contributed by atoms with E-state index >= 15 is 0 Å². The lowest BCUT2D eigenvalue weighted by atomic mass is 9.93. The smallest absolute Gasteiger partial charge is 0.409 e. The molecule has 1 saturated heterocycles. The standard InChI is InChI=1S/C31H37N3O5S/c1-5-6-15-23(27(35)28(36)32-20(2)21-12-8-7-9-13-21)33-30(38)39-26-18-31(3,4)19-34(26)29(37)25-17-22-14-10-11-16-24(22)40-25/h7-14,16-17,20,23,26H,5-6,15,18-19H2,1-4H3,(H,32,36)(H,33,38)/t20-,23+,26?/m1/s1. The number of fused-ring (bicyclic) bond motifs is 1. The van der Waals surface area contributed by atoms with Crippen LogP contribution in [0.1, 0.15) is 74.7 Å². The number of hydrogen-bond acceptors (Lipinski definition) is 6. The summed E-state index contributed by atoms with van der Waals surface area (Å²) in [7, 11) is 0. The van der Waals surface area contributed by atoms with Gasteiger partial charge in [-0.05, 0) is 41.8 Å². The zero-order valence-corrected chi connectivity index (χ0v) is 24.3. The number of carbonyl (C=O) groups is 4. The van der Waals surface area contributed by atoms with Crippen LogP contribution in [0.5, 0.6) is 0 Å². The Labute approximate surface area is 239 Å². The second kappa shape index (κ2) is 12.6. The summed E-state index contributed by atoms with van der Waals surface area (Å²) in [5.74, 6) is -1.68. The maximum atomic E-state index is 13.5. The summed E-state index contributed by atoms with van der Waals surface area (Å²) >= 11 is 1.41. The third-order valence-electron chi connectivity index (χ3n) is 7.14. The molecule has 8 nitrogen and oxygen atoms in total. The van der Waals surface area contributed by atoms with Crippen molar-refractivity contribution in [3.8, 4) is 0 Å². The molecule has 2 heterocycles. The molecule has 2 aromatic carbocycles. The molecule has 2 N–H and O–H groups in total. The van der Waals surface area contributed by atoms with Crippen molar-refractivity contribution in [2.45, 2.75) is 71.7 Å². The average molecular weight is 564 g/mol. The first kappa shape index (κ1) is 29.3. The van der Waals surface area contributed by atoms with E-state index in [0.29, 0.717) is 30.7 Å². The van der Waals surface area contributed by atoms with Gasteiger partial charge in [-0.1, -0.05) is 82.1 Å². The molecule has 3 amide bonds. The second-order valence-corrected chi connectivity index (χ2v) is 12.2. The van der Waals surface area contributed by atoms with Gasteiger partial charge in [-0.2, -0.15) is 0 Å². The van der Waals surface area contributed by atoms with Gasteiger partial charge in [-0.3, -0.25) is 14.4 Å². The molecule has 40 heavy (non-hydrogen) atoms. The molecule has 0 saturated carbocycles. The Hall–Kier alpha value is -3.72. The van der Waals surface area contributed by atoms with Gasteiger partial charge in [-0.25, -0.2) is 4.79 Å². The lowest BCUT2D eigenvalue weighted by molar-refractivity contribution is -0.139. The van der Waals surface area contributed by atoms with Crippen LogP contribution in [0.15, 0.2) is 60.7 Å². The highest BCUT2D eigenvalue weighted by atomic mass is 32.1. The van der Waals surface area contributed by atoms with Gasteiger partial charge >= 0.3 is 6.09 Å². The van der Waals surface area contributed by atoms with Gasteiger partial charge < -0.3 is 20.3 Å². The van der Waals surface area contributed by atoms with Crippen LogP contribution in [0.2, 0.25) is 0 Å². The van der Waals surface area contributed by atoms with Gasteiger partial charge in [0.05, 0.1) is 10.9 Å². The molecular weight excluding hydrogens is 526 g/mol. The summed E-state index contributed by atoms with van der Waals surface area (Å²) in [6.07, 6.45) is 0.580. The summed E-state index contributed by atoms with van der Waals surface area (Å²) in [5, 5.41) is 6.33. The molecule has 0 bridgehead atoms. The first-order valence-corrected chi connectivity index (χ1v) is 14.6. The second-order valence-electron chi connectivity index (χ2n) is 11.1. The summed E-state index contributed by atoms with van der Waals surface area (Å²) in [6.45, 7) is 8.23. The van der Waals surface area contributed by atoms with Crippen molar-refractivity contribution in [3.63, 3.8) is 0 Å². The molecule has 9 heteroatoms. The molecule has 212 valence electrons. The van der Waals surface area contributed by atoms with Crippen LogP contribution in [-0.4, -0.2) is 47.4 Å². The third-order valence-corrected chi connectivity index (χ3v) is 8.24. The van der Waals surface area contributed by atoms with Gasteiger partial charge in [0.1, 0.15) is 6.04 Å². The lowest BCUT2D eigenvalue weighted by Gasteiger charge is -2.25. The normalized spacial score (nSPS) is 17.7. The minimum Gasteiger partial charge on any atom is -0.425 e. The SMILES string of the molecule is CCCC[C@H](NC(=O)OC1CC(C)(C)CN1C(=O)c1cc2ccccc2s1)C(=O)C(=O)N[C@H](C)c1ccccc1. The highest BCUT2D eigenvalue weighted by Crippen LogP contribution is 2.37. The molecule has 1 unspecified atom stereocenters. The van der Waals surface area contributed by atoms with E-state index in [2.05, 4.69) is 10.6 Å². The number of carbonyl (C=O) groups excluding carboxylic acids is 4. The molecule has 0 spiro atoms. The third kappa shape index (κ3) is 7.07. The summed E-state index contributed by atoms with van der Waals surface area (Å²) < 4.78 is 6.75. The number of ketones is 1. The fourth-order valence-corrected chi connectivity index (χ4v) is 5.99. The highest BCUT2D eigenvalue weighted by Gasteiger charge is 2.43. The van der Waals surface area contributed by atoms with Gasteiger partial charge in [-0.15, -0.1) is 11.3 Å². The van der Waals surface area contributed by atoms with E-state index in [1.165, 1.54) is 11.3 Å². The molecule has 1 fully saturated rings. The van der Waals surface area contributed by atoms with Crippen molar-refractivity contribution in [1.29, 1.82) is 0 Å². The van der Waals surface area contributed by atoms with E-state index in [4.69, 9.17) is 4.74 Å². The van der Waals surface area contributed by atoms with Gasteiger partial charge in [0, 0.05) is 17.7 Å². The van der Waals surface area contributed by atoms with Crippen molar-refractivity contribution >= 4 is 45.1 Å². The summed E-state index contributed by atoms with van der Waals surface area (Å²) in [5.41, 5.74) is 0.607. The summed E-state index contributed by atoms with van der Waals surface area (Å²) in [6, 6.07) is 17.6. The Balaban J connectivity index is 1.43. The number of unbranched alkanes of at least 4 members (excludes halogenated alkanes) is 1. The molecule has 4 rings (SSSR count). The van der Waals surface area contributed by atoms with Crippen molar-refractivity contribution in [2.75, 3.05) is 6.54 Å². The number of thiophene rings is 1. The number of hydrogen-bond donors (Lipinski definition) is 2. The summed E-state index contributed by atoms with van der Waals surface area (Å²) in [4.78, 5) is 54.6. The maximum absolute atomic E-state index is 13.5. The van der Waals surface area contributed by atoms with Gasteiger partial charge in [0.2, 0.25) is 5.78 Å². The minimum atomic E-state index is -1.03. The lowest BCUT2D eigenvalue weighted by Crippen LogP contribution is -2.49. The first-order chi connectivity index (χ1) is 19.1. The Morgan fingerprint density at radius 2 is 1.75 bits per heavy atom. The number of ether oxygens (including phenoxy) is 1. The predicted octanol–water partition coefficient (Wildman–Crippen LogP) is 5.83. The molecule has 3 aromatic rings. The van der Waals surface area contributed by atoms with Crippen LogP contribution in [0.4, 0.5) is 4.79 Å². The molecule has 1 aliphatic rings. The van der Waals surface area contributed by atoms with E-state index in [1.54, 1.807) is 11.8 Å². The van der Waals surface area contributed by atoms with Crippen LogP contribution in [0.3, 0.4) is 0 Å². The number of amides is 3. The van der Waals surface area contributed by atoms with Gasteiger partial charge in [0.15, 0.2) is 6.23 Å². The fourth-order valence-electron chi connectivity index (χ4n) is 4.98. The first-order valence-electron chi connectivity index (χ1n) is 13.7. The zero-order chi connectivity index (χ0) is 28.9. The van der Waals surface area contributed by atoms with Crippen molar-refractivity contribution in [3.05, 3.63) is 71.1 Å². The van der Waals surface area contributed by atoms with Crippen LogP contribution in [0.25, 0.3) is 10.1 Å². The highest BCUT2D eigenvalue weighted by molar-refractivity contribution is 7.20. The van der Waals surface area contributed by atoms with Gasteiger partial charge in [0.25, 0.3) is 11.8 Å². The minimum absolute atomic E-state index is 0.197. The quantitative estimate of drug-likeness (QED) is 0.302. The Kier molecular flexibility index (Phi) is 9.25. The molecule has 3 atom stereocenters. The number of likely N-dealkylation sites (tertiary alicyclic amines) is 1. The number of rotatable bonds is 10. The predicted molar refractivity (Wildman–Crippen MR) is 156 cm³/mol. The fraction of sp³-hybridized carbons (Fsp3) is 0.419. The Morgan fingerprint density at radius 3 is 2.45 bits per heavy atom. The largest absolute Gasteiger partial charge is 0.425 e. The Morgan fingerprint density at radius 1 is 1.05 bits per heavy atom. The number of benzene rings is 2. The van der Waals surface area contributed by atoms with Crippen LogP contribution < -0.4 is 10.6 Å². The van der Waals surface area contributed by atoms with E-state index < -0.39 is 30.1 Å². The number of alkyl carbamates (subject to hydrolysis) is 1. The van der Waals surface area contributed by atoms with Crippen LogP contribution >= 0.6 is 11.3 Å². The topological polar surface area (TPSA) is 105 Å². The molecular formula is C31H37N3O5S. The Bertz CT molecular complexity index is 1340. The van der Waals surface area contributed by atoms with Crippen LogP contribution in [0, 0.1) is 5.41 Å². The van der Waals surface area contributed by atoms with E-state index in [9.17, 15) is 19.2 Å². The number of nitrogens with one attached hydrogen (secondary N) is 2. The monoisotopic (exact) mass is 563 g/mol.